The number of aliphatic hydroxyl groups excluding tert-OH is 9. The van der Waals surface area contributed by atoms with Crippen molar-refractivity contribution in [1.82, 2.24) is 0 Å². The first kappa shape index (κ1) is 49.5. The molecule has 0 amide bonds. The fourth-order valence-electron chi connectivity index (χ4n) is 14.8. The third-order valence-corrected chi connectivity index (χ3v) is 18.9. The Morgan fingerprint density at radius 1 is 0.662 bits per heavy atom. The van der Waals surface area contributed by atoms with Crippen molar-refractivity contribution in [3.8, 4) is 0 Å². The van der Waals surface area contributed by atoms with E-state index < -0.39 is 128 Å². The molecular formula is C47H74O18. The Morgan fingerprint density at radius 2 is 1.25 bits per heavy atom. The molecule has 65 heavy (non-hydrogen) atoms. The minimum absolute atomic E-state index is 0.0645. The number of ether oxygens (including phenoxy) is 6. The Hall–Kier alpha value is -1.88. The summed E-state index contributed by atoms with van der Waals surface area (Å²) in [6.45, 7) is 14.6. The molecule has 4 saturated carbocycles. The van der Waals surface area contributed by atoms with Crippen LogP contribution in [0.1, 0.15) is 113 Å². The average molecular weight is 927 g/mol. The van der Waals surface area contributed by atoms with Crippen molar-refractivity contribution < 1.29 is 89.1 Å². The van der Waals surface area contributed by atoms with Gasteiger partial charge in [-0.1, -0.05) is 60.1 Å². The second-order valence-electron chi connectivity index (χ2n) is 23.0. The molecule has 0 spiro atoms. The van der Waals surface area contributed by atoms with Gasteiger partial charge in [0.2, 0.25) is 6.29 Å². The predicted octanol–water partition coefficient (Wildman–Crippen LogP) is 0.872. The number of aliphatic hydroxyl groups is 9. The molecule has 7 fully saturated rings. The number of fused-ring (bicyclic) bond motifs is 7. The van der Waals surface area contributed by atoms with Gasteiger partial charge in [-0.3, -0.25) is 4.79 Å². The molecule has 8 rings (SSSR count). The van der Waals surface area contributed by atoms with E-state index in [9.17, 15) is 60.7 Å². The highest BCUT2D eigenvalue weighted by Crippen LogP contribution is 2.76. The summed E-state index contributed by atoms with van der Waals surface area (Å²) in [5.74, 6) is -1.77. The molecule has 8 aliphatic rings. The number of carbonyl (C=O) groups excluding carboxylic acids is 1. The lowest BCUT2D eigenvalue weighted by Gasteiger charge is -2.71. The summed E-state index contributed by atoms with van der Waals surface area (Å²) >= 11 is 0. The molecule has 0 aromatic carbocycles. The van der Waals surface area contributed by atoms with Crippen molar-refractivity contribution in [3.63, 3.8) is 0 Å². The van der Waals surface area contributed by atoms with E-state index in [1.807, 2.05) is 0 Å². The van der Waals surface area contributed by atoms with Crippen LogP contribution in [0.2, 0.25) is 0 Å². The third kappa shape index (κ3) is 7.67. The fourth-order valence-corrected chi connectivity index (χ4v) is 14.8. The van der Waals surface area contributed by atoms with Gasteiger partial charge in [-0.05, 0) is 109 Å². The standard InChI is InChI=1S/C47H74O18/c1-42(2)14-16-47(41(59)65-39-33(55)30(52)28(50)23(19-48)61-39)17-15-45(6)21(22(47)18-42)8-9-26-44(5)12-11-27(43(3,4)25(44)10-13-46(26,45)7)62-40-34(56)31(53)35(36(64-40)37(57)58)63-38-32(54)29(51)24(20-49)60-38/h8,22-36,38-40,48-56H,9-20H2,1-7H3,(H,57,58)/t22?,23-,24+,25+,26-,27+,28+,29+,30+,31-,32-,33-,34-,35+,36+,38+,39+,40-,44+,45-,46-,47+/m1/s1. The molecule has 370 valence electrons. The fraction of sp³-hybridized carbons (Fsp3) is 0.915. The molecule has 0 radical (unpaired) electrons. The summed E-state index contributed by atoms with van der Waals surface area (Å²) in [6, 6.07) is 0. The Bertz CT molecular complexity index is 1820. The van der Waals surface area contributed by atoms with E-state index in [1.165, 1.54) is 5.57 Å². The molecule has 18 nitrogen and oxygen atoms in total. The van der Waals surface area contributed by atoms with Gasteiger partial charge < -0.3 is 79.5 Å². The number of hydrogen-bond acceptors (Lipinski definition) is 17. The van der Waals surface area contributed by atoms with Gasteiger partial charge in [0.1, 0.15) is 61.0 Å². The normalized spacial score (nSPS) is 52.5. The van der Waals surface area contributed by atoms with Crippen molar-refractivity contribution in [3.05, 3.63) is 11.6 Å². The first-order valence-electron chi connectivity index (χ1n) is 23.7. The number of aliphatic carboxylic acids is 1. The van der Waals surface area contributed by atoms with E-state index >= 15 is 0 Å². The molecule has 10 N–H and O–H groups in total. The minimum atomic E-state index is -1.84. The topological polar surface area (TPSA) is 292 Å². The van der Waals surface area contributed by atoms with Gasteiger partial charge in [0, 0.05) is 0 Å². The zero-order valence-corrected chi connectivity index (χ0v) is 38.7. The smallest absolute Gasteiger partial charge is 0.335 e. The molecular weight excluding hydrogens is 852 g/mol. The number of carboxylic acids is 1. The van der Waals surface area contributed by atoms with Gasteiger partial charge in [-0.15, -0.1) is 0 Å². The highest BCUT2D eigenvalue weighted by atomic mass is 16.8. The maximum Gasteiger partial charge on any atom is 0.335 e. The van der Waals surface area contributed by atoms with Crippen LogP contribution in [0.15, 0.2) is 11.6 Å². The van der Waals surface area contributed by atoms with Crippen molar-refractivity contribution in [2.24, 2.45) is 50.2 Å². The zero-order chi connectivity index (χ0) is 47.6. The van der Waals surface area contributed by atoms with Crippen LogP contribution in [-0.4, -0.2) is 168 Å². The van der Waals surface area contributed by atoms with Gasteiger partial charge in [-0.2, -0.15) is 0 Å². The monoisotopic (exact) mass is 926 g/mol. The summed E-state index contributed by atoms with van der Waals surface area (Å²) in [5, 5.41) is 104. The van der Waals surface area contributed by atoms with Gasteiger partial charge in [-0.25, -0.2) is 4.79 Å². The van der Waals surface area contributed by atoms with E-state index in [1.54, 1.807) is 0 Å². The molecule has 22 atom stereocenters. The van der Waals surface area contributed by atoms with Crippen LogP contribution >= 0.6 is 0 Å². The quantitative estimate of drug-likeness (QED) is 0.0872. The molecule has 3 heterocycles. The van der Waals surface area contributed by atoms with Gasteiger partial charge >= 0.3 is 11.9 Å². The number of rotatable bonds is 9. The molecule has 3 saturated heterocycles. The van der Waals surface area contributed by atoms with Crippen LogP contribution in [0.25, 0.3) is 0 Å². The second kappa shape index (κ2) is 17.2. The molecule has 5 aliphatic carbocycles. The lowest BCUT2D eigenvalue weighted by molar-refractivity contribution is -0.342. The Balaban J connectivity index is 1.01. The molecule has 0 aromatic heterocycles. The van der Waals surface area contributed by atoms with E-state index in [0.29, 0.717) is 19.3 Å². The van der Waals surface area contributed by atoms with Crippen LogP contribution in [0.5, 0.6) is 0 Å². The molecule has 18 heteroatoms. The Labute approximate surface area is 380 Å². The summed E-state index contributed by atoms with van der Waals surface area (Å²) in [6.07, 6.45) is -13.2. The molecule has 0 bridgehead atoms. The summed E-state index contributed by atoms with van der Waals surface area (Å²) in [4.78, 5) is 27.2. The lowest BCUT2D eigenvalue weighted by atomic mass is 9.33. The first-order chi connectivity index (χ1) is 30.3. The number of esters is 1. The SMILES string of the molecule is CC1(C)CC[C@]2(C(=O)O[C@@H]3O[C@H](CO)[C@H](O)[C@H](O)[C@H]3O)CC[C@]3(C)C(=CC[C@@H]4[C@@]5(C)CC[C@H](O[C@@H]6O[C@H](C(=O)O)[C@@H](O[C@@H]7O[C@@H](CO)[C@H](O)[C@H]7O)[C@H](O)[C@H]6O)C(C)(C)[C@@H]5CC[C@]43C)C2C1. The summed E-state index contributed by atoms with van der Waals surface area (Å²) in [7, 11) is 0. The lowest BCUT2D eigenvalue weighted by Crippen LogP contribution is -2.66. The Kier molecular flexibility index (Phi) is 13.1. The summed E-state index contributed by atoms with van der Waals surface area (Å²) in [5.41, 5.74) is -0.800. The summed E-state index contributed by atoms with van der Waals surface area (Å²) < 4.78 is 35.0. The van der Waals surface area contributed by atoms with Crippen molar-refractivity contribution in [2.45, 2.75) is 205 Å². The average Bonchev–Trinajstić information content (AvgIpc) is 3.52. The Morgan fingerprint density at radius 3 is 1.89 bits per heavy atom. The van der Waals surface area contributed by atoms with E-state index in [2.05, 4.69) is 54.5 Å². The van der Waals surface area contributed by atoms with Crippen molar-refractivity contribution >= 4 is 11.9 Å². The van der Waals surface area contributed by atoms with E-state index in [4.69, 9.17) is 28.4 Å². The molecule has 0 aromatic rings. The molecule has 1 unspecified atom stereocenters. The van der Waals surface area contributed by atoms with Crippen LogP contribution in [0.4, 0.5) is 0 Å². The number of carbonyl (C=O) groups is 2. The van der Waals surface area contributed by atoms with Gasteiger partial charge in [0.15, 0.2) is 18.7 Å². The van der Waals surface area contributed by atoms with Crippen LogP contribution in [-0.2, 0) is 38.0 Å². The predicted molar refractivity (Wildman–Crippen MR) is 225 cm³/mol. The molecule has 3 aliphatic heterocycles. The maximum absolute atomic E-state index is 14.6. The van der Waals surface area contributed by atoms with Gasteiger partial charge in [0.05, 0.1) is 24.7 Å². The largest absolute Gasteiger partial charge is 0.479 e. The first-order valence-corrected chi connectivity index (χ1v) is 23.7. The van der Waals surface area contributed by atoms with E-state index in [-0.39, 0.29) is 39.4 Å². The zero-order valence-electron chi connectivity index (χ0n) is 38.7. The third-order valence-electron chi connectivity index (χ3n) is 18.9. The van der Waals surface area contributed by atoms with E-state index in [0.717, 1.165) is 44.9 Å². The number of carboxylic acid groups (broad SMARTS) is 1. The minimum Gasteiger partial charge on any atom is -0.479 e. The number of hydrogen-bond donors (Lipinski definition) is 10. The van der Waals surface area contributed by atoms with Crippen LogP contribution in [0, 0.1) is 50.2 Å². The van der Waals surface area contributed by atoms with Crippen LogP contribution < -0.4 is 0 Å². The highest BCUT2D eigenvalue weighted by molar-refractivity contribution is 5.79. The van der Waals surface area contributed by atoms with Crippen LogP contribution in [0.3, 0.4) is 0 Å². The maximum atomic E-state index is 14.6. The van der Waals surface area contributed by atoms with Crippen molar-refractivity contribution in [2.75, 3.05) is 13.2 Å². The highest BCUT2D eigenvalue weighted by Gasteiger charge is 2.70. The van der Waals surface area contributed by atoms with Crippen molar-refractivity contribution in [1.29, 1.82) is 0 Å². The second-order valence-corrected chi connectivity index (χ2v) is 23.0. The number of allylic oxidation sites excluding steroid dienone is 2. The van der Waals surface area contributed by atoms with Gasteiger partial charge in [0.25, 0.3) is 0 Å².